The van der Waals surface area contributed by atoms with Crippen molar-refractivity contribution in [1.82, 2.24) is 0 Å². The average molecular weight is 357 g/mol. The van der Waals surface area contributed by atoms with Gasteiger partial charge in [0.1, 0.15) is 12.1 Å². The number of nitrogens with zero attached hydrogens (tertiary/aromatic N) is 1. The minimum absolute atomic E-state index is 0.166. The fourth-order valence-corrected chi connectivity index (χ4v) is 4.21. The molecule has 0 saturated carbocycles. The molecule has 0 bridgehead atoms. The molecular weight excluding hydrogens is 332 g/mol. The van der Waals surface area contributed by atoms with E-state index >= 15 is 0 Å². The second kappa shape index (κ2) is 8.19. The first-order chi connectivity index (χ1) is 13.3. The average Bonchev–Trinajstić information content (AvgIpc) is 2.76. The highest BCUT2D eigenvalue weighted by Crippen LogP contribution is 2.32. The molecule has 0 amide bonds. The molecule has 0 aliphatic carbocycles. The predicted octanol–water partition coefficient (Wildman–Crippen LogP) is 4.13. The Hall–Kier alpha value is -2.91. The van der Waals surface area contributed by atoms with Crippen LogP contribution in [0, 0.1) is 5.92 Å². The van der Waals surface area contributed by atoms with Gasteiger partial charge in [-0.25, -0.2) is 0 Å². The standard InChI is InChI=1S/C24H24N2O/c27-26-23-17-22(19-12-6-2-7-13-19)25-24(20-14-8-3-9-15-20)21(23)16-18-10-4-1-5-11-18/h1-15,21-22,24-25,27H,16-17H2/p+1/b26-23-/t21-,22-,24+/m0/s1. The third-order valence-corrected chi connectivity index (χ3v) is 5.57. The zero-order valence-corrected chi connectivity index (χ0v) is 15.3. The Kier molecular flexibility index (Phi) is 5.31. The highest BCUT2D eigenvalue weighted by Gasteiger charge is 2.40. The maximum Gasteiger partial charge on any atom is 0.121 e. The Balaban J connectivity index is 1.70. The SMILES string of the molecule is O/N=C1/C[C@@H](c2ccccc2)[NH2+][C@H](c2ccccc2)[C@H]1Cc1ccccc1. The van der Waals surface area contributed by atoms with Crippen LogP contribution < -0.4 is 5.32 Å². The molecule has 1 aliphatic heterocycles. The van der Waals surface area contributed by atoms with E-state index in [0.29, 0.717) is 0 Å². The summed E-state index contributed by atoms with van der Waals surface area (Å²) in [5.74, 6) is 0.166. The van der Waals surface area contributed by atoms with Crippen LogP contribution in [0.3, 0.4) is 0 Å². The van der Waals surface area contributed by atoms with E-state index in [1.165, 1.54) is 16.7 Å². The van der Waals surface area contributed by atoms with Crippen LogP contribution in [0.5, 0.6) is 0 Å². The number of hydrogen-bond donors (Lipinski definition) is 2. The van der Waals surface area contributed by atoms with Crippen molar-refractivity contribution in [2.45, 2.75) is 24.9 Å². The number of rotatable bonds is 4. The lowest BCUT2D eigenvalue weighted by molar-refractivity contribution is -0.742. The summed E-state index contributed by atoms with van der Waals surface area (Å²) in [6, 6.07) is 32.1. The maximum absolute atomic E-state index is 9.84. The number of piperidine rings is 1. The Labute approximate surface area is 160 Å². The molecule has 3 heteroatoms. The fraction of sp³-hybridized carbons (Fsp3) is 0.208. The molecule has 3 N–H and O–H groups in total. The summed E-state index contributed by atoms with van der Waals surface area (Å²) in [5.41, 5.74) is 4.72. The van der Waals surface area contributed by atoms with Gasteiger partial charge in [0.05, 0.1) is 11.6 Å². The number of benzene rings is 3. The van der Waals surface area contributed by atoms with Crippen LogP contribution in [0.25, 0.3) is 0 Å². The highest BCUT2D eigenvalue weighted by molar-refractivity contribution is 5.88. The molecule has 0 radical (unpaired) electrons. The third-order valence-electron chi connectivity index (χ3n) is 5.57. The minimum Gasteiger partial charge on any atom is -0.411 e. The van der Waals surface area contributed by atoms with E-state index in [1.54, 1.807) is 0 Å². The van der Waals surface area contributed by atoms with E-state index in [1.807, 2.05) is 18.2 Å². The van der Waals surface area contributed by atoms with Crippen LogP contribution >= 0.6 is 0 Å². The van der Waals surface area contributed by atoms with Crippen molar-refractivity contribution in [2.24, 2.45) is 11.1 Å². The van der Waals surface area contributed by atoms with E-state index in [2.05, 4.69) is 83.3 Å². The minimum atomic E-state index is 0.166. The first kappa shape index (κ1) is 17.5. The van der Waals surface area contributed by atoms with Gasteiger partial charge in [-0.1, -0.05) is 96.2 Å². The van der Waals surface area contributed by atoms with Gasteiger partial charge in [-0.15, -0.1) is 0 Å². The summed E-state index contributed by atoms with van der Waals surface area (Å²) in [7, 11) is 0. The molecular formula is C24H25N2O+. The number of quaternary nitrogens is 1. The lowest BCUT2D eigenvalue weighted by Gasteiger charge is -2.35. The molecule has 0 aromatic heterocycles. The smallest absolute Gasteiger partial charge is 0.121 e. The molecule has 27 heavy (non-hydrogen) atoms. The van der Waals surface area contributed by atoms with Crippen molar-refractivity contribution in [1.29, 1.82) is 0 Å². The first-order valence-electron chi connectivity index (χ1n) is 9.55. The molecule has 1 heterocycles. The third kappa shape index (κ3) is 3.93. The van der Waals surface area contributed by atoms with E-state index < -0.39 is 0 Å². The largest absolute Gasteiger partial charge is 0.411 e. The number of nitrogens with two attached hydrogens (primary N) is 1. The second-order valence-corrected chi connectivity index (χ2v) is 7.24. The molecule has 3 aromatic carbocycles. The summed E-state index contributed by atoms with van der Waals surface area (Å²) in [6.07, 6.45) is 1.64. The van der Waals surface area contributed by atoms with E-state index in [-0.39, 0.29) is 18.0 Å². The Morgan fingerprint density at radius 1 is 0.778 bits per heavy atom. The van der Waals surface area contributed by atoms with Gasteiger partial charge in [0.2, 0.25) is 0 Å². The molecule has 3 atom stereocenters. The normalized spacial score (nSPS) is 24.0. The fourth-order valence-electron chi connectivity index (χ4n) is 4.21. The molecule has 136 valence electrons. The summed E-state index contributed by atoms with van der Waals surface area (Å²) in [5, 5.41) is 16.1. The van der Waals surface area contributed by atoms with E-state index in [9.17, 15) is 5.21 Å². The van der Waals surface area contributed by atoms with Crippen LogP contribution in [0.2, 0.25) is 0 Å². The Morgan fingerprint density at radius 3 is 1.93 bits per heavy atom. The first-order valence-corrected chi connectivity index (χ1v) is 9.55. The van der Waals surface area contributed by atoms with Crippen molar-refractivity contribution in [3.05, 3.63) is 108 Å². The number of oxime groups is 1. The van der Waals surface area contributed by atoms with Gasteiger partial charge in [-0.05, 0) is 12.0 Å². The van der Waals surface area contributed by atoms with Gasteiger partial charge in [0, 0.05) is 17.5 Å². The van der Waals surface area contributed by atoms with E-state index in [4.69, 9.17) is 0 Å². The zero-order chi connectivity index (χ0) is 18.5. The molecule has 4 rings (SSSR count). The summed E-state index contributed by atoms with van der Waals surface area (Å²) >= 11 is 0. The van der Waals surface area contributed by atoms with Gasteiger partial charge in [0.15, 0.2) is 0 Å². The molecule has 3 aromatic rings. The monoisotopic (exact) mass is 357 g/mol. The topological polar surface area (TPSA) is 49.2 Å². The molecule has 1 fully saturated rings. The van der Waals surface area contributed by atoms with Gasteiger partial charge in [0.25, 0.3) is 0 Å². The molecule has 0 unspecified atom stereocenters. The van der Waals surface area contributed by atoms with Crippen molar-refractivity contribution < 1.29 is 10.5 Å². The molecule has 3 nitrogen and oxygen atoms in total. The second-order valence-electron chi connectivity index (χ2n) is 7.24. The van der Waals surface area contributed by atoms with Crippen LogP contribution in [-0.2, 0) is 6.42 Å². The Morgan fingerprint density at radius 2 is 1.33 bits per heavy atom. The van der Waals surface area contributed by atoms with Crippen molar-refractivity contribution in [2.75, 3.05) is 0 Å². The summed E-state index contributed by atoms with van der Waals surface area (Å²) < 4.78 is 0. The van der Waals surface area contributed by atoms with Gasteiger partial charge >= 0.3 is 0 Å². The van der Waals surface area contributed by atoms with Gasteiger partial charge in [-0.3, -0.25) is 0 Å². The zero-order valence-electron chi connectivity index (χ0n) is 15.3. The van der Waals surface area contributed by atoms with Crippen LogP contribution in [0.4, 0.5) is 0 Å². The van der Waals surface area contributed by atoms with Gasteiger partial charge in [-0.2, -0.15) is 0 Å². The number of hydrogen-bond acceptors (Lipinski definition) is 2. The summed E-state index contributed by atoms with van der Waals surface area (Å²) in [6.45, 7) is 0. The summed E-state index contributed by atoms with van der Waals surface area (Å²) in [4.78, 5) is 0. The van der Waals surface area contributed by atoms with Crippen LogP contribution in [0.1, 0.15) is 35.2 Å². The van der Waals surface area contributed by atoms with Crippen molar-refractivity contribution in [3.63, 3.8) is 0 Å². The van der Waals surface area contributed by atoms with Crippen molar-refractivity contribution >= 4 is 5.71 Å². The Bertz CT molecular complexity index is 878. The lowest BCUT2D eigenvalue weighted by Crippen LogP contribution is -2.90. The lowest BCUT2D eigenvalue weighted by atomic mass is 9.77. The van der Waals surface area contributed by atoms with Crippen molar-refractivity contribution in [3.8, 4) is 0 Å². The van der Waals surface area contributed by atoms with Crippen LogP contribution in [0.15, 0.2) is 96.2 Å². The highest BCUT2D eigenvalue weighted by atomic mass is 16.4. The van der Waals surface area contributed by atoms with Gasteiger partial charge < -0.3 is 10.5 Å². The van der Waals surface area contributed by atoms with Crippen LogP contribution in [-0.4, -0.2) is 10.9 Å². The molecule has 1 saturated heterocycles. The maximum atomic E-state index is 9.84. The quantitative estimate of drug-likeness (QED) is 0.535. The predicted molar refractivity (Wildman–Crippen MR) is 108 cm³/mol. The molecule has 0 spiro atoms. The van der Waals surface area contributed by atoms with E-state index in [0.717, 1.165) is 18.6 Å². The molecule has 1 aliphatic rings.